The van der Waals surface area contributed by atoms with Crippen LogP contribution >= 0.6 is 11.6 Å². The van der Waals surface area contributed by atoms with Gasteiger partial charge >= 0.3 is 0 Å². The molecule has 0 saturated carbocycles. The third-order valence-electron chi connectivity index (χ3n) is 1.47. The molecule has 5 N–H and O–H groups in total. The lowest BCUT2D eigenvalue weighted by Crippen LogP contribution is -2.22. The first-order chi connectivity index (χ1) is 6.66. The van der Waals surface area contributed by atoms with Crippen molar-refractivity contribution < 1.29 is 0 Å². The molecule has 0 bridgehead atoms. The summed E-state index contributed by atoms with van der Waals surface area (Å²) in [5.74, 6) is 0.174. The van der Waals surface area contributed by atoms with E-state index in [-0.39, 0.29) is 17.1 Å². The maximum Gasteiger partial charge on any atom is 0.226 e. The minimum Gasteiger partial charge on any atom is -0.370 e. The molecule has 0 aliphatic rings. The predicted molar refractivity (Wildman–Crippen MR) is 52.2 cm³/mol. The van der Waals surface area contributed by atoms with Crippen LogP contribution in [0.2, 0.25) is 5.28 Å². The zero-order chi connectivity index (χ0) is 10.1. The molecule has 0 atom stereocenters. The van der Waals surface area contributed by atoms with Crippen molar-refractivity contribution in [2.45, 2.75) is 0 Å². The lowest BCUT2D eigenvalue weighted by atomic mass is 10.5. The zero-order valence-electron chi connectivity index (χ0n) is 6.90. The molecule has 0 fully saturated rings. The van der Waals surface area contributed by atoms with Gasteiger partial charge in [0.2, 0.25) is 5.28 Å². The van der Waals surface area contributed by atoms with Gasteiger partial charge < -0.3 is 16.5 Å². The van der Waals surface area contributed by atoms with E-state index in [0.717, 1.165) is 0 Å². The van der Waals surface area contributed by atoms with Gasteiger partial charge in [0.25, 0.3) is 0 Å². The number of rotatable bonds is 1. The fourth-order valence-electron chi connectivity index (χ4n) is 0.995. The summed E-state index contributed by atoms with van der Waals surface area (Å²) in [5, 5.41) is 0.0459. The monoisotopic (exact) mass is 211 g/mol. The summed E-state index contributed by atoms with van der Waals surface area (Å²) in [6, 6.07) is 0. The molecule has 2 rings (SSSR count). The van der Waals surface area contributed by atoms with Crippen LogP contribution < -0.4 is 11.5 Å². The highest BCUT2D eigenvalue weighted by Gasteiger charge is 2.07. The first-order valence-electron chi connectivity index (χ1n) is 3.63. The molecule has 2 heterocycles. The molecule has 7 nitrogen and oxygen atoms in total. The Bertz CT molecular complexity index is 498. The number of halogens is 1. The molecule has 0 aromatic carbocycles. The second kappa shape index (κ2) is 3.11. The van der Waals surface area contributed by atoms with E-state index in [4.69, 9.17) is 23.1 Å². The molecule has 0 aliphatic carbocycles. The fourth-order valence-corrected chi connectivity index (χ4v) is 1.16. The van der Waals surface area contributed by atoms with E-state index < -0.39 is 0 Å². The summed E-state index contributed by atoms with van der Waals surface area (Å²) < 4.78 is 0. The Labute approximate surface area is 83.2 Å². The maximum atomic E-state index is 5.64. The van der Waals surface area contributed by atoms with Crippen molar-refractivity contribution in [2.24, 2.45) is 16.5 Å². The minimum absolute atomic E-state index is 0.0459. The maximum absolute atomic E-state index is 5.64. The van der Waals surface area contributed by atoms with Crippen LogP contribution in [-0.4, -0.2) is 25.9 Å². The van der Waals surface area contributed by atoms with Crippen LogP contribution in [0.3, 0.4) is 0 Å². The standard InChI is InChI=1S/C6H6ClN7/c7-5-12-3-2(10-1-11-3)4(13-5)14-6(8)9/h1H,(H5,8,9,10,11,12,13,14). The van der Waals surface area contributed by atoms with Crippen LogP contribution in [0.5, 0.6) is 0 Å². The number of aromatic nitrogens is 4. The summed E-state index contributed by atoms with van der Waals surface area (Å²) in [7, 11) is 0. The molecule has 0 saturated heterocycles. The van der Waals surface area contributed by atoms with Crippen LogP contribution in [0.4, 0.5) is 5.82 Å². The molecule has 72 valence electrons. The van der Waals surface area contributed by atoms with Crippen LogP contribution in [0.25, 0.3) is 11.2 Å². The van der Waals surface area contributed by atoms with Gasteiger partial charge in [-0.15, -0.1) is 0 Å². The summed E-state index contributed by atoms with van der Waals surface area (Å²) in [6.07, 6.45) is 1.46. The van der Waals surface area contributed by atoms with E-state index in [1.807, 2.05) is 0 Å². The predicted octanol–water partition coefficient (Wildman–Crippen LogP) is -0.0888. The highest BCUT2D eigenvalue weighted by Crippen LogP contribution is 2.20. The molecule has 0 amide bonds. The first-order valence-corrected chi connectivity index (χ1v) is 4.01. The summed E-state index contributed by atoms with van der Waals surface area (Å²) >= 11 is 5.64. The number of nitrogens with zero attached hydrogens (tertiary/aromatic N) is 4. The van der Waals surface area contributed by atoms with Gasteiger partial charge in [-0.2, -0.15) is 15.0 Å². The number of H-pyrrole nitrogens is 1. The highest BCUT2D eigenvalue weighted by atomic mass is 35.5. The minimum atomic E-state index is -0.101. The lowest BCUT2D eigenvalue weighted by Gasteiger charge is -1.96. The number of aliphatic imine (C=N–C) groups is 1. The number of nitrogens with one attached hydrogen (secondary N) is 1. The number of nitrogens with two attached hydrogens (primary N) is 2. The van der Waals surface area contributed by atoms with E-state index in [0.29, 0.717) is 11.2 Å². The van der Waals surface area contributed by atoms with Crippen LogP contribution in [-0.2, 0) is 0 Å². The SMILES string of the molecule is NC(N)=Nc1nc(Cl)nc2nc[nH]c12. The van der Waals surface area contributed by atoms with Crippen LogP contribution in [0.15, 0.2) is 11.3 Å². The number of hydrogen-bond acceptors (Lipinski definition) is 4. The van der Waals surface area contributed by atoms with Gasteiger partial charge in [-0.3, -0.25) is 0 Å². The normalized spacial score (nSPS) is 10.4. The van der Waals surface area contributed by atoms with Crippen LogP contribution in [0.1, 0.15) is 0 Å². The average molecular weight is 212 g/mol. The fraction of sp³-hybridized carbons (Fsp3) is 0. The molecule has 0 unspecified atom stereocenters. The first kappa shape index (κ1) is 8.70. The Morgan fingerprint density at radius 3 is 2.93 bits per heavy atom. The Hall–Kier alpha value is -1.89. The number of imidazole rings is 1. The number of hydrogen-bond donors (Lipinski definition) is 3. The van der Waals surface area contributed by atoms with E-state index in [1.54, 1.807) is 0 Å². The Balaban J connectivity index is 2.73. The topological polar surface area (TPSA) is 119 Å². The van der Waals surface area contributed by atoms with Gasteiger partial charge in [-0.05, 0) is 11.6 Å². The van der Waals surface area contributed by atoms with Crippen molar-refractivity contribution in [3.05, 3.63) is 11.6 Å². The molecule has 14 heavy (non-hydrogen) atoms. The van der Waals surface area contributed by atoms with E-state index in [2.05, 4.69) is 24.9 Å². The van der Waals surface area contributed by atoms with Crippen LogP contribution in [0, 0.1) is 0 Å². The molecule has 0 aliphatic heterocycles. The van der Waals surface area contributed by atoms with Gasteiger partial charge in [0, 0.05) is 0 Å². The van der Waals surface area contributed by atoms with Crippen molar-refractivity contribution in [1.29, 1.82) is 0 Å². The third kappa shape index (κ3) is 1.44. The van der Waals surface area contributed by atoms with Gasteiger partial charge in [0.15, 0.2) is 17.4 Å². The second-order valence-corrected chi connectivity index (χ2v) is 2.79. The lowest BCUT2D eigenvalue weighted by molar-refractivity contribution is 1.18. The average Bonchev–Trinajstić information content (AvgIpc) is 2.50. The number of guanidine groups is 1. The summed E-state index contributed by atoms with van der Waals surface area (Å²) in [5.41, 5.74) is 11.4. The molecule has 0 spiro atoms. The largest absolute Gasteiger partial charge is 0.370 e. The summed E-state index contributed by atoms with van der Waals surface area (Å²) in [6.45, 7) is 0. The smallest absolute Gasteiger partial charge is 0.226 e. The van der Waals surface area contributed by atoms with Gasteiger partial charge in [-0.25, -0.2) is 4.98 Å². The molecule has 0 radical (unpaired) electrons. The van der Waals surface area contributed by atoms with E-state index in [1.165, 1.54) is 6.33 Å². The Morgan fingerprint density at radius 1 is 1.43 bits per heavy atom. The zero-order valence-corrected chi connectivity index (χ0v) is 7.65. The van der Waals surface area contributed by atoms with E-state index in [9.17, 15) is 0 Å². The van der Waals surface area contributed by atoms with Crippen molar-refractivity contribution in [3.8, 4) is 0 Å². The molecule has 2 aromatic heterocycles. The third-order valence-corrected chi connectivity index (χ3v) is 1.64. The Kier molecular flexibility index (Phi) is 1.93. The van der Waals surface area contributed by atoms with Crippen molar-refractivity contribution >= 4 is 34.5 Å². The van der Waals surface area contributed by atoms with Gasteiger partial charge in [0.05, 0.1) is 6.33 Å². The molecular formula is C6H6ClN7. The molecule has 8 heteroatoms. The van der Waals surface area contributed by atoms with E-state index >= 15 is 0 Å². The van der Waals surface area contributed by atoms with Gasteiger partial charge in [-0.1, -0.05) is 0 Å². The van der Waals surface area contributed by atoms with Crippen molar-refractivity contribution in [2.75, 3.05) is 0 Å². The van der Waals surface area contributed by atoms with Gasteiger partial charge in [0.1, 0.15) is 5.52 Å². The quantitative estimate of drug-likeness (QED) is 0.346. The molecular weight excluding hydrogens is 206 g/mol. The Morgan fingerprint density at radius 2 is 2.21 bits per heavy atom. The summed E-state index contributed by atoms with van der Waals surface area (Å²) in [4.78, 5) is 18.2. The molecule has 2 aromatic rings. The second-order valence-electron chi connectivity index (χ2n) is 2.45. The van der Waals surface area contributed by atoms with Crippen molar-refractivity contribution in [1.82, 2.24) is 19.9 Å². The number of aromatic amines is 1. The number of fused-ring (bicyclic) bond motifs is 1. The highest BCUT2D eigenvalue weighted by molar-refractivity contribution is 6.28. The van der Waals surface area contributed by atoms with Crippen molar-refractivity contribution in [3.63, 3.8) is 0 Å².